The summed E-state index contributed by atoms with van der Waals surface area (Å²) in [5.74, 6) is 0. The van der Waals surface area contributed by atoms with Crippen LogP contribution in [0.3, 0.4) is 0 Å². The fourth-order valence-electron chi connectivity index (χ4n) is 2.11. The van der Waals surface area contributed by atoms with Crippen LogP contribution in [0.25, 0.3) is 0 Å². The van der Waals surface area contributed by atoms with Crippen molar-refractivity contribution in [1.82, 2.24) is 15.1 Å². The molecule has 96 valence electrons. The highest BCUT2D eigenvalue weighted by Crippen LogP contribution is 2.20. The highest BCUT2D eigenvalue weighted by atomic mass is 79.9. The third-order valence-corrected chi connectivity index (χ3v) is 3.76. The van der Waals surface area contributed by atoms with Crippen LogP contribution in [-0.2, 0) is 13.5 Å². The van der Waals surface area contributed by atoms with E-state index in [0.29, 0.717) is 6.04 Å². The van der Waals surface area contributed by atoms with Gasteiger partial charge in [-0.2, -0.15) is 5.10 Å². The Morgan fingerprint density at radius 1 is 1.28 bits per heavy atom. The number of halogens is 1. The van der Waals surface area contributed by atoms with Crippen molar-refractivity contribution in [3.05, 3.63) is 52.3 Å². The molecule has 0 aliphatic heterocycles. The Bertz CT molecular complexity index is 490. The van der Waals surface area contributed by atoms with E-state index in [4.69, 9.17) is 0 Å². The molecule has 0 saturated carbocycles. The number of aromatic nitrogens is 2. The minimum Gasteiger partial charge on any atom is -0.313 e. The standard InChI is InChI=1S/C14H18BrN3/c1-16-14(11-3-5-12(15)6-4-11)8-7-13-9-10-17-18(13)2/h3-6,9-10,14,16H,7-8H2,1-2H3. The lowest BCUT2D eigenvalue weighted by molar-refractivity contribution is 0.535. The van der Waals surface area contributed by atoms with Gasteiger partial charge < -0.3 is 5.32 Å². The lowest BCUT2D eigenvalue weighted by atomic mass is 10.0. The third kappa shape index (κ3) is 3.21. The van der Waals surface area contributed by atoms with Crippen LogP contribution in [0.15, 0.2) is 41.0 Å². The molecular formula is C14H18BrN3. The topological polar surface area (TPSA) is 29.9 Å². The fourth-order valence-corrected chi connectivity index (χ4v) is 2.38. The van der Waals surface area contributed by atoms with Crippen LogP contribution in [0, 0.1) is 0 Å². The Morgan fingerprint density at radius 3 is 2.56 bits per heavy atom. The van der Waals surface area contributed by atoms with Gasteiger partial charge >= 0.3 is 0 Å². The number of benzene rings is 1. The predicted molar refractivity (Wildman–Crippen MR) is 77.5 cm³/mol. The van der Waals surface area contributed by atoms with Gasteiger partial charge in [0.2, 0.25) is 0 Å². The number of aryl methyl sites for hydroxylation is 2. The Morgan fingerprint density at radius 2 is 2.00 bits per heavy atom. The number of nitrogens with one attached hydrogen (secondary N) is 1. The molecule has 0 fully saturated rings. The Labute approximate surface area is 116 Å². The SMILES string of the molecule is CNC(CCc1ccnn1C)c1ccc(Br)cc1. The summed E-state index contributed by atoms with van der Waals surface area (Å²) in [6, 6.07) is 11.0. The summed E-state index contributed by atoms with van der Waals surface area (Å²) in [6.45, 7) is 0. The normalized spacial score (nSPS) is 12.6. The van der Waals surface area contributed by atoms with Crippen molar-refractivity contribution in [2.45, 2.75) is 18.9 Å². The molecule has 3 nitrogen and oxygen atoms in total. The molecule has 1 aromatic heterocycles. The first-order chi connectivity index (χ1) is 8.70. The summed E-state index contributed by atoms with van der Waals surface area (Å²) in [5.41, 5.74) is 2.59. The maximum Gasteiger partial charge on any atom is 0.0492 e. The second kappa shape index (κ2) is 6.16. The van der Waals surface area contributed by atoms with Gasteiger partial charge in [-0.05, 0) is 43.7 Å². The van der Waals surface area contributed by atoms with Gasteiger partial charge in [0.15, 0.2) is 0 Å². The zero-order valence-electron chi connectivity index (χ0n) is 10.7. The Kier molecular flexibility index (Phi) is 4.55. The lowest BCUT2D eigenvalue weighted by Crippen LogP contribution is -2.17. The van der Waals surface area contributed by atoms with Crippen LogP contribution >= 0.6 is 15.9 Å². The Hall–Kier alpha value is -1.13. The molecule has 0 bridgehead atoms. The van der Waals surface area contributed by atoms with E-state index >= 15 is 0 Å². The zero-order chi connectivity index (χ0) is 13.0. The summed E-state index contributed by atoms with van der Waals surface area (Å²) < 4.78 is 3.06. The monoisotopic (exact) mass is 307 g/mol. The van der Waals surface area contributed by atoms with Gasteiger partial charge in [-0.25, -0.2) is 0 Å². The van der Waals surface area contributed by atoms with Crippen molar-refractivity contribution < 1.29 is 0 Å². The van der Waals surface area contributed by atoms with Gasteiger partial charge in [-0.3, -0.25) is 4.68 Å². The van der Waals surface area contributed by atoms with E-state index in [0.717, 1.165) is 17.3 Å². The van der Waals surface area contributed by atoms with E-state index in [1.807, 2.05) is 25.0 Å². The summed E-state index contributed by atoms with van der Waals surface area (Å²) in [6.07, 6.45) is 3.94. The maximum absolute atomic E-state index is 4.19. The number of nitrogens with zero attached hydrogens (tertiary/aromatic N) is 2. The summed E-state index contributed by atoms with van der Waals surface area (Å²) >= 11 is 3.46. The first-order valence-electron chi connectivity index (χ1n) is 6.10. The molecule has 0 spiro atoms. The van der Waals surface area contributed by atoms with Gasteiger partial charge in [0, 0.05) is 29.5 Å². The molecule has 0 aliphatic carbocycles. The molecule has 18 heavy (non-hydrogen) atoms. The van der Waals surface area contributed by atoms with E-state index in [1.165, 1.54) is 11.3 Å². The van der Waals surface area contributed by atoms with Crippen LogP contribution in [0.2, 0.25) is 0 Å². The fraction of sp³-hybridized carbons (Fsp3) is 0.357. The molecule has 1 N–H and O–H groups in total. The Balaban J connectivity index is 2.01. The smallest absolute Gasteiger partial charge is 0.0492 e. The van der Waals surface area contributed by atoms with E-state index in [2.05, 4.69) is 56.7 Å². The molecule has 4 heteroatoms. The average molecular weight is 308 g/mol. The van der Waals surface area contributed by atoms with Gasteiger partial charge in [0.1, 0.15) is 0 Å². The molecule has 0 amide bonds. The molecule has 0 saturated heterocycles. The van der Waals surface area contributed by atoms with Crippen molar-refractivity contribution in [3.8, 4) is 0 Å². The zero-order valence-corrected chi connectivity index (χ0v) is 12.3. The second-order valence-corrected chi connectivity index (χ2v) is 5.29. The van der Waals surface area contributed by atoms with Crippen LogP contribution < -0.4 is 5.32 Å². The largest absolute Gasteiger partial charge is 0.313 e. The van der Waals surface area contributed by atoms with E-state index in [9.17, 15) is 0 Å². The summed E-state index contributed by atoms with van der Waals surface area (Å²) in [4.78, 5) is 0. The van der Waals surface area contributed by atoms with Crippen molar-refractivity contribution in [3.63, 3.8) is 0 Å². The van der Waals surface area contributed by atoms with E-state index in [1.54, 1.807) is 0 Å². The van der Waals surface area contributed by atoms with Crippen LogP contribution in [0.4, 0.5) is 0 Å². The summed E-state index contributed by atoms with van der Waals surface area (Å²) in [5, 5.41) is 7.57. The second-order valence-electron chi connectivity index (χ2n) is 4.38. The number of rotatable bonds is 5. The van der Waals surface area contributed by atoms with Gasteiger partial charge in [0.05, 0.1) is 0 Å². The van der Waals surface area contributed by atoms with Gasteiger partial charge in [-0.1, -0.05) is 28.1 Å². The van der Waals surface area contributed by atoms with Gasteiger partial charge in [0.25, 0.3) is 0 Å². The van der Waals surface area contributed by atoms with Crippen LogP contribution in [0.1, 0.15) is 23.7 Å². The predicted octanol–water partition coefficient (Wildman–Crippen LogP) is 3.08. The molecule has 2 aromatic rings. The highest BCUT2D eigenvalue weighted by molar-refractivity contribution is 9.10. The van der Waals surface area contributed by atoms with Gasteiger partial charge in [-0.15, -0.1) is 0 Å². The van der Waals surface area contributed by atoms with Crippen molar-refractivity contribution >= 4 is 15.9 Å². The first-order valence-corrected chi connectivity index (χ1v) is 6.89. The molecule has 1 aromatic carbocycles. The number of hydrogen-bond donors (Lipinski definition) is 1. The average Bonchev–Trinajstić information content (AvgIpc) is 2.78. The molecule has 0 aliphatic rings. The number of hydrogen-bond acceptors (Lipinski definition) is 2. The maximum atomic E-state index is 4.19. The quantitative estimate of drug-likeness (QED) is 0.920. The van der Waals surface area contributed by atoms with Crippen molar-refractivity contribution in [1.29, 1.82) is 0 Å². The van der Waals surface area contributed by atoms with Crippen molar-refractivity contribution in [2.75, 3.05) is 7.05 Å². The van der Waals surface area contributed by atoms with Crippen molar-refractivity contribution in [2.24, 2.45) is 7.05 Å². The molecule has 0 radical (unpaired) electrons. The molecule has 1 unspecified atom stereocenters. The summed E-state index contributed by atoms with van der Waals surface area (Å²) in [7, 11) is 4.00. The minimum atomic E-state index is 0.382. The molecule has 1 heterocycles. The molecule has 1 atom stereocenters. The molecular weight excluding hydrogens is 290 g/mol. The van der Waals surface area contributed by atoms with Crippen LogP contribution in [0.5, 0.6) is 0 Å². The van der Waals surface area contributed by atoms with E-state index in [-0.39, 0.29) is 0 Å². The lowest BCUT2D eigenvalue weighted by Gasteiger charge is -2.16. The highest BCUT2D eigenvalue weighted by Gasteiger charge is 2.10. The third-order valence-electron chi connectivity index (χ3n) is 3.23. The molecule has 2 rings (SSSR count). The van der Waals surface area contributed by atoms with E-state index < -0.39 is 0 Å². The first kappa shape index (κ1) is 13.3. The minimum absolute atomic E-state index is 0.382. The van der Waals surface area contributed by atoms with Crippen LogP contribution in [-0.4, -0.2) is 16.8 Å².